The second-order valence-corrected chi connectivity index (χ2v) is 5.70. The largest absolute Gasteiger partial charge is 0.480 e. The molecule has 0 bridgehead atoms. The summed E-state index contributed by atoms with van der Waals surface area (Å²) in [5.41, 5.74) is 2.87. The number of carbonyl (C=O) groups excluding carboxylic acids is 1. The van der Waals surface area contributed by atoms with Gasteiger partial charge in [0.1, 0.15) is 12.4 Å². The number of amides is 1. The molecule has 0 aliphatic rings. The van der Waals surface area contributed by atoms with Gasteiger partial charge in [-0.3, -0.25) is 9.59 Å². The van der Waals surface area contributed by atoms with Crippen molar-refractivity contribution in [3.8, 4) is 0 Å². The summed E-state index contributed by atoms with van der Waals surface area (Å²) in [7, 11) is 0. The van der Waals surface area contributed by atoms with Gasteiger partial charge in [0.2, 0.25) is 5.91 Å². The molecule has 0 aliphatic carbocycles. The maximum absolute atomic E-state index is 13.0. The summed E-state index contributed by atoms with van der Waals surface area (Å²) >= 11 is 0. The van der Waals surface area contributed by atoms with Crippen molar-refractivity contribution in [1.82, 2.24) is 4.90 Å². The minimum Gasteiger partial charge on any atom is -0.480 e. The van der Waals surface area contributed by atoms with E-state index in [2.05, 4.69) is 0 Å². The molecule has 0 radical (unpaired) electrons. The normalized spacial score (nSPS) is 10.4. The van der Waals surface area contributed by atoms with E-state index in [1.54, 1.807) is 12.1 Å². The van der Waals surface area contributed by atoms with Gasteiger partial charge in [-0.1, -0.05) is 36.4 Å². The number of carbonyl (C=O) groups is 2. The van der Waals surface area contributed by atoms with E-state index in [-0.39, 0.29) is 31.2 Å². The maximum Gasteiger partial charge on any atom is 0.323 e. The van der Waals surface area contributed by atoms with E-state index < -0.39 is 5.97 Å². The molecule has 4 nitrogen and oxygen atoms in total. The highest BCUT2D eigenvalue weighted by atomic mass is 19.1. The second-order valence-electron chi connectivity index (χ2n) is 5.70. The Kier molecular flexibility index (Phi) is 6.07. The molecule has 2 aromatic rings. The smallest absolute Gasteiger partial charge is 0.323 e. The Bertz CT molecular complexity index is 713. The van der Waals surface area contributed by atoms with Crippen LogP contribution in [0.4, 0.5) is 4.39 Å². The molecular formula is C19H20FNO3. The predicted octanol–water partition coefficient (Wildman–Crippen LogP) is 3.18. The van der Waals surface area contributed by atoms with Gasteiger partial charge in [0.25, 0.3) is 0 Å². The molecule has 0 unspecified atom stereocenters. The van der Waals surface area contributed by atoms with Gasteiger partial charge in [-0.25, -0.2) is 4.39 Å². The SMILES string of the molecule is Cc1ccccc1CCC(=O)N(CC(=O)O)Cc1ccc(F)cc1. The minimum absolute atomic E-state index is 0.152. The van der Waals surface area contributed by atoms with Crippen molar-refractivity contribution >= 4 is 11.9 Å². The van der Waals surface area contributed by atoms with Crippen LogP contribution in [0.15, 0.2) is 48.5 Å². The molecule has 0 atom stereocenters. The average molecular weight is 329 g/mol. The van der Waals surface area contributed by atoms with Crippen molar-refractivity contribution in [3.05, 3.63) is 71.0 Å². The molecule has 126 valence electrons. The van der Waals surface area contributed by atoms with Crippen molar-refractivity contribution in [2.24, 2.45) is 0 Å². The lowest BCUT2D eigenvalue weighted by atomic mass is 10.0. The van der Waals surface area contributed by atoms with Gasteiger partial charge >= 0.3 is 5.97 Å². The van der Waals surface area contributed by atoms with E-state index >= 15 is 0 Å². The van der Waals surface area contributed by atoms with Crippen LogP contribution in [-0.2, 0) is 22.6 Å². The zero-order valence-corrected chi connectivity index (χ0v) is 13.5. The first-order chi connectivity index (χ1) is 11.5. The molecule has 0 spiro atoms. The summed E-state index contributed by atoms with van der Waals surface area (Å²) in [6.45, 7) is 1.76. The summed E-state index contributed by atoms with van der Waals surface area (Å²) in [5.74, 6) is -1.67. The van der Waals surface area contributed by atoms with Crippen LogP contribution in [0.3, 0.4) is 0 Å². The highest BCUT2D eigenvalue weighted by Crippen LogP contribution is 2.12. The molecular weight excluding hydrogens is 309 g/mol. The van der Waals surface area contributed by atoms with Crippen LogP contribution in [-0.4, -0.2) is 28.4 Å². The number of benzene rings is 2. The van der Waals surface area contributed by atoms with E-state index in [1.807, 2.05) is 31.2 Å². The molecule has 0 heterocycles. The summed E-state index contributed by atoms with van der Waals surface area (Å²) in [6, 6.07) is 13.5. The van der Waals surface area contributed by atoms with Crippen LogP contribution in [0.1, 0.15) is 23.1 Å². The molecule has 2 aromatic carbocycles. The van der Waals surface area contributed by atoms with E-state index in [4.69, 9.17) is 5.11 Å². The number of aryl methyl sites for hydroxylation is 2. The molecule has 0 aromatic heterocycles. The zero-order valence-electron chi connectivity index (χ0n) is 13.5. The monoisotopic (exact) mass is 329 g/mol. The van der Waals surface area contributed by atoms with Crippen LogP contribution < -0.4 is 0 Å². The third kappa shape index (κ3) is 5.19. The summed E-state index contributed by atoms with van der Waals surface area (Å²) in [4.78, 5) is 24.7. The number of hydrogen-bond acceptors (Lipinski definition) is 2. The molecule has 1 N–H and O–H groups in total. The van der Waals surface area contributed by atoms with Gasteiger partial charge in [-0.2, -0.15) is 0 Å². The fourth-order valence-electron chi connectivity index (χ4n) is 2.50. The van der Waals surface area contributed by atoms with Crippen LogP contribution in [0.2, 0.25) is 0 Å². The first-order valence-electron chi connectivity index (χ1n) is 7.74. The Balaban J connectivity index is 2.03. The quantitative estimate of drug-likeness (QED) is 0.849. The zero-order chi connectivity index (χ0) is 17.5. The Labute approximate surface area is 140 Å². The van der Waals surface area contributed by atoms with Gasteiger partial charge in [0.15, 0.2) is 0 Å². The van der Waals surface area contributed by atoms with Gasteiger partial charge in [-0.05, 0) is 42.2 Å². The van der Waals surface area contributed by atoms with Crippen molar-refractivity contribution in [2.75, 3.05) is 6.54 Å². The van der Waals surface area contributed by atoms with E-state index in [0.29, 0.717) is 12.0 Å². The highest BCUT2D eigenvalue weighted by molar-refractivity contribution is 5.81. The number of aliphatic carboxylic acids is 1. The number of rotatable bonds is 7. The van der Waals surface area contributed by atoms with Crippen LogP contribution in [0.5, 0.6) is 0 Å². The lowest BCUT2D eigenvalue weighted by Gasteiger charge is -2.21. The van der Waals surface area contributed by atoms with Gasteiger partial charge < -0.3 is 10.0 Å². The summed E-state index contributed by atoms with van der Waals surface area (Å²) in [6.07, 6.45) is 0.796. The molecule has 24 heavy (non-hydrogen) atoms. The molecule has 0 saturated heterocycles. The van der Waals surface area contributed by atoms with Crippen LogP contribution >= 0.6 is 0 Å². The van der Waals surface area contributed by atoms with E-state index in [0.717, 1.165) is 11.1 Å². The van der Waals surface area contributed by atoms with Crippen molar-refractivity contribution in [2.45, 2.75) is 26.3 Å². The molecule has 2 rings (SSSR count). The molecule has 1 amide bonds. The van der Waals surface area contributed by atoms with E-state index in [1.165, 1.54) is 17.0 Å². The van der Waals surface area contributed by atoms with Gasteiger partial charge in [0.05, 0.1) is 0 Å². The number of carboxylic acid groups (broad SMARTS) is 1. The first kappa shape index (κ1) is 17.7. The topological polar surface area (TPSA) is 57.6 Å². The van der Waals surface area contributed by atoms with Crippen LogP contribution in [0.25, 0.3) is 0 Å². The van der Waals surface area contributed by atoms with Crippen LogP contribution in [0, 0.1) is 12.7 Å². The van der Waals surface area contributed by atoms with Gasteiger partial charge in [-0.15, -0.1) is 0 Å². The summed E-state index contributed by atoms with van der Waals surface area (Å²) in [5, 5.41) is 9.03. The number of carboxylic acids is 1. The fraction of sp³-hybridized carbons (Fsp3) is 0.263. The lowest BCUT2D eigenvalue weighted by molar-refractivity contribution is -0.144. The van der Waals surface area contributed by atoms with Crippen molar-refractivity contribution < 1.29 is 19.1 Å². The lowest BCUT2D eigenvalue weighted by Crippen LogP contribution is -2.35. The summed E-state index contributed by atoms with van der Waals surface area (Å²) < 4.78 is 13.0. The number of hydrogen-bond donors (Lipinski definition) is 1. The molecule has 0 aliphatic heterocycles. The standard InChI is InChI=1S/C19H20FNO3/c1-14-4-2-3-5-16(14)8-11-18(22)21(13-19(23)24)12-15-6-9-17(20)10-7-15/h2-7,9-10H,8,11-13H2,1H3,(H,23,24). The van der Waals surface area contributed by atoms with E-state index in [9.17, 15) is 14.0 Å². The fourth-order valence-corrected chi connectivity index (χ4v) is 2.50. The van der Waals surface area contributed by atoms with Gasteiger partial charge in [0, 0.05) is 13.0 Å². The molecule has 5 heteroatoms. The Hall–Kier alpha value is -2.69. The maximum atomic E-state index is 13.0. The predicted molar refractivity (Wildman–Crippen MR) is 89.0 cm³/mol. The Morgan fingerprint density at radius 3 is 2.38 bits per heavy atom. The third-order valence-corrected chi connectivity index (χ3v) is 3.83. The molecule has 0 saturated carbocycles. The van der Waals surface area contributed by atoms with Crippen molar-refractivity contribution in [3.63, 3.8) is 0 Å². The Morgan fingerprint density at radius 2 is 1.75 bits per heavy atom. The average Bonchev–Trinajstić information content (AvgIpc) is 2.55. The number of halogens is 1. The highest BCUT2D eigenvalue weighted by Gasteiger charge is 2.17. The Morgan fingerprint density at radius 1 is 1.08 bits per heavy atom. The second kappa shape index (κ2) is 8.24. The number of nitrogens with zero attached hydrogens (tertiary/aromatic N) is 1. The first-order valence-corrected chi connectivity index (χ1v) is 7.74. The third-order valence-electron chi connectivity index (χ3n) is 3.83. The minimum atomic E-state index is -1.07. The molecule has 0 fully saturated rings. The van der Waals surface area contributed by atoms with Crippen molar-refractivity contribution in [1.29, 1.82) is 0 Å².